The molecule has 0 aliphatic carbocycles. The number of carbonyl (C=O) groups excluding carboxylic acids is 1. The largest absolute Gasteiger partial charge is 0.453 e. The molecule has 4 N–H and O–H groups in total. The first kappa shape index (κ1) is 13.7. The third kappa shape index (κ3) is 3.65. The van der Waals surface area contributed by atoms with Crippen molar-refractivity contribution >= 4 is 23.2 Å². The number of rotatable bonds is 4. The Morgan fingerprint density at radius 1 is 1.10 bits per heavy atom. The van der Waals surface area contributed by atoms with Gasteiger partial charge in [0, 0.05) is 23.6 Å². The Labute approximate surface area is 117 Å². The van der Waals surface area contributed by atoms with E-state index in [1.807, 2.05) is 36.4 Å². The third-order valence-electron chi connectivity index (χ3n) is 2.85. The van der Waals surface area contributed by atoms with Gasteiger partial charge in [0.05, 0.1) is 7.11 Å². The van der Waals surface area contributed by atoms with Gasteiger partial charge in [0.1, 0.15) is 0 Å². The van der Waals surface area contributed by atoms with Crippen LogP contribution in [0, 0.1) is 0 Å². The number of nitrogen functional groups attached to an aromatic ring is 1. The van der Waals surface area contributed by atoms with Gasteiger partial charge in [0.15, 0.2) is 0 Å². The first-order valence-corrected chi connectivity index (χ1v) is 6.21. The zero-order valence-corrected chi connectivity index (χ0v) is 11.2. The van der Waals surface area contributed by atoms with Crippen LogP contribution in [0.2, 0.25) is 0 Å². The Morgan fingerprint density at radius 2 is 1.75 bits per heavy atom. The number of para-hydroxylation sites is 1. The van der Waals surface area contributed by atoms with Gasteiger partial charge in [-0.25, -0.2) is 4.79 Å². The van der Waals surface area contributed by atoms with E-state index in [1.54, 1.807) is 12.1 Å². The van der Waals surface area contributed by atoms with Crippen molar-refractivity contribution in [2.24, 2.45) is 0 Å². The Hall–Kier alpha value is -2.69. The molecule has 5 nitrogen and oxygen atoms in total. The molecule has 0 saturated carbocycles. The van der Waals surface area contributed by atoms with Crippen LogP contribution in [0.1, 0.15) is 5.56 Å². The van der Waals surface area contributed by atoms with Gasteiger partial charge < -0.3 is 15.8 Å². The van der Waals surface area contributed by atoms with Crippen molar-refractivity contribution in [3.8, 4) is 0 Å². The Morgan fingerprint density at radius 3 is 2.40 bits per heavy atom. The van der Waals surface area contributed by atoms with Crippen LogP contribution in [0.15, 0.2) is 48.5 Å². The van der Waals surface area contributed by atoms with Gasteiger partial charge in [0.25, 0.3) is 0 Å². The summed E-state index contributed by atoms with van der Waals surface area (Å²) in [5, 5.41) is 5.87. The fourth-order valence-electron chi connectivity index (χ4n) is 1.73. The highest BCUT2D eigenvalue weighted by atomic mass is 16.5. The molecule has 0 atom stereocenters. The molecule has 2 rings (SSSR count). The lowest BCUT2D eigenvalue weighted by atomic mass is 10.2. The first-order valence-electron chi connectivity index (χ1n) is 6.21. The van der Waals surface area contributed by atoms with E-state index in [9.17, 15) is 4.79 Å². The molecule has 0 radical (unpaired) electrons. The minimum atomic E-state index is -0.484. The molecule has 0 fully saturated rings. The second kappa shape index (κ2) is 6.47. The van der Waals surface area contributed by atoms with Gasteiger partial charge in [0.2, 0.25) is 0 Å². The molecule has 0 spiro atoms. The van der Waals surface area contributed by atoms with Crippen LogP contribution in [-0.4, -0.2) is 13.2 Å². The van der Waals surface area contributed by atoms with Gasteiger partial charge in [-0.2, -0.15) is 0 Å². The van der Waals surface area contributed by atoms with Gasteiger partial charge >= 0.3 is 6.09 Å². The smallest absolute Gasteiger partial charge is 0.411 e. The Bertz CT molecular complexity index is 582. The van der Waals surface area contributed by atoms with Crippen molar-refractivity contribution in [3.63, 3.8) is 0 Å². The third-order valence-corrected chi connectivity index (χ3v) is 2.85. The van der Waals surface area contributed by atoms with Crippen LogP contribution < -0.4 is 16.4 Å². The van der Waals surface area contributed by atoms with E-state index in [-0.39, 0.29) is 0 Å². The molecule has 2 aromatic carbocycles. The number of nitrogens with two attached hydrogens (primary N) is 1. The summed E-state index contributed by atoms with van der Waals surface area (Å²) in [6.07, 6.45) is -0.484. The monoisotopic (exact) mass is 271 g/mol. The van der Waals surface area contributed by atoms with Crippen LogP contribution in [0.4, 0.5) is 21.9 Å². The van der Waals surface area contributed by atoms with Crippen LogP contribution in [0.5, 0.6) is 0 Å². The summed E-state index contributed by atoms with van der Waals surface area (Å²) >= 11 is 0. The number of nitrogens with one attached hydrogen (secondary N) is 2. The summed E-state index contributed by atoms with van der Waals surface area (Å²) < 4.78 is 4.52. The molecular weight excluding hydrogens is 254 g/mol. The molecule has 0 unspecified atom stereocenters. The number of carbonyl (C=O) groups is 1. The number of hydrogen-bond donors (Lipinski definition) is 3. The summed E-state index contributed by atoms with van der Waals surface area (Å²) in [5.41, 5.74) is 9.32. The summed E-state index contributed by atoms with van der Waals surface area (Å²) in [4.78, 5) is 11.1. The zero-order valence-electron chi connectivity index (χ0n) is 11.2. The summed E-state index contributed by atoms with van der Waals surface area (Å²) in [6.45, 7) is 0.649. The number of benzene rings is 2. The molecule has 0 aromatic heterocycles. The van der Waals surface area contributed by atoms with E-state index in [0.717, 1.165) is 16.9 Å². The lowest BCUT2D eigenvalue weighted by Gasteiger charge is -2.09. The van der Waals surface area contributed by atoms with Crippen LogP contribution in [0.25, 0.3) is 0 Å². The molecule has 0 saturated heterocycles. The van der Waals surface area contributed by atoms with Crippen LogP contribution >= 0.6 is 0 Å². The number of hydrogen-bond acceptors (Lipinski definition) is 4. The molecule has 5 heteroatoms. The van der Waals surface area contributed by atoms with E-state index >= 15 is 0 Å². The van der Waals surface area contributed by atoms with Crippen molar-refractivity contribution in [2.75, 3.05) is 23.5 Å². The topological polar surface area (TPSA) is 76.4 Å². The van der Waals surface area contributed by atoms with Crippen LogP contribution in [-0.2, 0) is 11.3 Å². The fourth-order valence-corrected chi connectivity index (χ4v) is 1.73. The standard InChI is InChI=1S/C15H17N3O2/c1-20-15(19)18-13-8-6-12(7-9-13)17-10-11-4-2-3-5-14(11)16/h2-9,17H,10,16H2,1H3,(H,18,19). The molecule has 2 aromatic rings. The Kier molecular flexibility index (Phi) is 4.44. The van der Waals surface area contributed by atoms with E-state index in [1.165, 1.54) is 7.11 Å². The van der Waals surface area contributed by atoms with Gasteiger partial charge in [-0.3, -0.25) is 5.32 Å². The molecule has 20 heavy (non-hydrogen) atoms. The second-order valence-corrected chi connectivity index (χ2v) is 4.25. The number of methoxy groups -OCH3 is 1. The van der Waals surface area contributed by atoms with Crippen molar-refractivity contribution in [3.05, 3.63) is 54.1 Å². The molecule has 104 valence electrons. The summed E-state index contributed by atoms with van der Waals surface area (Å²) in [5.74, 6) is 0. The van der Waals surface area contributed by atoms with E-state index in [4.69, 9.17) is 5.73 Å². The fraction of sp³-hybridized carbons (Fsp3) is 0.133. The van der Waals surface area contributed by atoms with E-state index in [2.05, 4.69) is 15.4 Å². The van der Waals surface area contributed by atoms with Crippen molar-refractivity contribution < 1.29 is 9.53 Å². The van der Waals surface area contributed by atoms with Gasteiger partial charge in [-0.15, -0.1) is 0 Å². The van der Waals surface area contributed by atoms with Crippen molar-refractivity contribution in [1.29, 1.82) is 0 Å². The number of anilines is 3. The predicted molar refractivity (Wildman–Crippen MR) is 80.7 cm³/mol. The minimum Gasteiger partial charge on any atom is -0.453 e. The van der Waals surface area contributed by atoms with Gasteiger partial charge in [-0.1, -0.05) is 18.2 Å². The molecule has 0 aliphatic rings. The van der Waals surface area contributed by atoms with Crippen molar-refractivity contribution in [2.45, 2.75) is 6.54 Å². The summed E-state index contributed by atoms with van der Waals surface area (Å²) in [6, 6.07) is 15.1. The normalized spacial score (nSPS) is 9.85. The maximum absolute atomic E-state index is 11.1. The maximum Gasteiger partial charge on any atom is 0.411 e. The van der Waals surface area contributed by atoms with E-state index < -0.39 is 6.09 Å². The highest BCUT2D eigenvalue weighted by molar-refractivity contribution is 5.84. The van der Waals surface area contributed by atoms with Gasteiger partial charge in [-0.05, 0) is 35.9 Å². The molecule has 0 aliphatic heterocycles. The van der Waals surface area contributed by atoms with E-state index in [0.29, 0.717) is 12.2 Å². The number of ether oxygens (including phenoxy) is 1. The average Bonchev–Trinajstić information content (AvgIpc) is 2.48. The van der Waals surface area contributed by atoms with Crippen LogP contribution in [0.3, 0.4) is 0 Å². The Balaban J connectivity index is 1.94. The highest BCUT2D eigenvalue weighted by Gasteiger charge is 2.01. The maximum atomic E-state index is 11.1. The first-order chi connectivity index (χ1) is 9.69. The molecule has 0 heterocycles. The quantitative estimate of drug-likeness (QED) is 0.747. The lowest BCUT2D eigenvalue weighted by Crippen LogP contribution is -2.10. The average molecular weight is 271 g/mol. The second-order valence-electron chi connectivity index (χ2n) is 4.25. The number of amides is 1. The van der Waals surface area contributed by atoms with Crippen molar-refractivity contribution in [1.82, 2.24) is 0 Å². The lowest BCUT2D eigenvalue weighted by molar-refractivity contribution is 0.187. The SMILES string of the molecule is COC(=O)Nc1ccc(NCc2ccccc2N)cc1. The zero-order chi connectivity index (χ0) is 14.4. The molecular formula is C15H17N3O2. The summed E-state index contributed by atoms with van der Waals surface area (Å²) in [7, 11) is 1.33. The molecule has 1 amide bonds. The minimum absolute atomic E-state index is 0.484. The molecule has 0 bridgehead atoms. The predicted octanol–water partition coefficient (Wildman–Crippen LogP) is 3.06. The highest BCUT2D eigenvalue weighted by Crippen LogP contribution is 2.16.